The first-order valence-electron chi connectivity index (χ1n) is 9.95. The number of aromatic nitrogens is 4. The average molecular weight is 460 g/mol. The molecule has 0 aliphatic heterocycles. The Morgan fingerprint density at radius 3 is 2.77 bits per heavy atom. The molecule has 5 aromatic rings. The first kappa shape index (κ1) is 18.9. The van der Waals surface area contributed by atoms with Gasteiger partial charge in [-0.25, -0.2) is 0 Å². The van der Waals surface area contributed by atoms with Gasteiger partial charge >= 0.3 is 0 Å². The van der Waals surface area contributed by atoms with Gasteiger partial charge in [-0.2, -0.15) is 5.10 Å². The fraction of sp³-hybridized carbons (Fsp3) is 0.167. The number of benzene rings is 2. The highest BCUT2D eigenvalue weighted by molar-refractivity contribution is 9.10. The zero-order chi connectivity index (χ0) is 21.0. The van der Waals surface area contributed by atoms with Crippen LogP contribution in [0.15, 0.2) is 53.3 Å². The molecule has 30 heavy (non-hydrogen) atoms. The number of rotatable bonds is 3. The van der Waals surface area contributed by atoms with E-state index in [-0.39, 0.29) is 0 Å². The summed E-state index contributed by atoms with van der Waals surface area (Å²) in [5.41, 5.74) is 15.8. The van der Waals surface area contributed by atoms with Crippen LogP contribution in [0.5, 0.6) is 0 Å². The number of aryl methyl sites for hydroxylation is 1. The SMILES string of the molecule is CCc1c(C)c(N)c2[nH]c(-c3ccnc(-c4ccc5c(cnn5C)c4)c3)cc2c1Br. The summed E-state index contributed by atoms with van der Waals surface area (Å²) in [5.74, 6) is 0. The number of halogens is 1. The maximum absolute atomic E-state index is 6.46. The van der Waals surface area contributed by atoms with E-state index in [1.165, 1.54) is 5.56 Å². The lowest BCUT2D eigenvalue weighted by atomic mass is 10.0. The Balaban J connectivity index is 1.63. The van der Waals surface area contributed by atoms with Crippen LogP contribution in [0.2, 0.25) is 0 Å². The van der Waals surface area contributed by atoms with Crippen LogP contribution in [0.25, 0.3) is 44.3 Å². The summed E-state index contributed by atoms with van der Waals surface area (Å²) >= 11 is 3.79. The minimum Gasteiger partial charge on any atom is -0.397 e. The molecule has 150 valence electrons. The normalized spacial score (nSPS) is 11.6. The Hall–Kier alpha value is -3.12. The summed E-state index contributed by atoms with van der Waals surface area (Å²) in [6.07, 6.45) is 4.67. The molecular weight excluding hydrogens is 438 g/mol. The molecule has 0 aliphatic carbocycles. The van der Waals surface area contributed by atoms with Crippen molar-refractivity contribution in [2.75, 3.05) is 5.73 Å². The molecule has 3 N–H and O–H groups in total. The van der Waals surface area contributed by atoms with Crippen molar-refractivity contribution in [3.8, 4) is 22.5 Å². The zero-order valence-corrected chi connectivity index (χ0v) is 18.7. The van der Waals surface area contributed by atoms with Crippen molar-refractivity contribution < 1.29 is 0 Å². The van der Waals surface area contributed by atoms with Crippen LogP contribution in [0, 0.1) is 6.92 Å². The summed E-state index contributed by atoms with van der Waals surface area (Å²) in [6, 6.07) is 12.6. The van der Waals surface area contributed by atoms with E-state index in [2.05, 4.69) is 75.2 Å². The number of hydrogen-bond acceptors (Lipinski definition) is 3. The van der Waals surface area contributed by atoms with Crippen LogP contribution < -0.4 is 5.73 Å². The van der Waals surface area contributed by atoms with Crippen LogP contribution in [-0.2, 0) is 13.5 Å². The fourth-order valence-corrected chi connectivity index (χ4v) is 5.06. The first-order valence-corrected chi connectivity index (χ1v) is 10.7. The Morgan fingerprint density at radius 1 is 1.13 bits per heavy atom. The molecule has 0 radical (unpaired) electrons. The second-order valence-electron chi connectivity index (χ2n) is 7.63. The summed E-state index contributed by atoms with van der Waals surface area (Å²) in [7, 11) is 1.95. The van der Waals surface area contributed by atoms with E-state index in [9.17, 15) is 0 Å². The van der Waals surface area contributed by atoms with Gasteiger partial charge in [0.25, 0.3) is 0 Å². The predicted molar refractivity (Wildman–Crippen MR) is 127 cm³/mol. The Kier molecular flexibility index (Phi) is 4.40. The van der Waals surface area contributed by atoms with Gasteiger partial charge in [-0.3, -0.25) is 9.67 Å². The summed E-state index contributed by atoms with van der Waals surface area (Å²) in [6.45, 7) is 4.23. The minimum absolute atomic E-state index is 0.813. The maximum atomic E-state index is 6.46. The van der Waals surface area contributed by atoms with E-state index >= 15 is 0 Å². The molecule has 0 fully saturated rings. The second kappa shape index (κ2) is 6.99. The second-order valence-corrected chi connectivity index (χ2v) is 8.42. The van der Waals surface area contributed by atoms with Crippen LogP contribution >= 0.6 is 15.9 Å². The van der Waals surface area contributed by atoms with Gasteiger partial charge in [-0.15, -0.1) is 0 Å². The van der Waals surface area contributed by atoms with Crippen molar-refractivity contribution in [3.63, 3.8) is 0 Å². The van der Waals surface area contributed by atoms with Gasteiger partial charge in [-0.1, -0.05) is 13.0 Å². The van der Waals surface area contributed by atoms with Crippen LogP contribution in [0.4, 0.5) is 5.69 Å². The highest BCUT2D eigenvalue weighted by atomic mass is 79.9. The van der Waals surface area contributed by atoms with Crippen molar-refractivity contribution in [3.05, 3.63) is 64.4 Å². The Bertz CT molecular complexity index is 1430. The van der Waals surface area contributed by atoms with Gasteiger partial charge < -0.3 is 10.7 Å². The zero-order valence-electron chi connectivity index (χ0n) is 17.1. The van der Waals surface area contributed by atoms with E-state index in [1.54, 1.807) is 0 Å². The van der Waals surface area contributed by atoms with E-state index in [1.807, 2.05) is 30.2 Å². The van der Waals surface area contributed by atoms with E-state index in [0.717, 1.165) is 66.5 Å². The number of nitrogen functional groups attached to an aromatic ring is 1. The lowest BCUT2D eigenvalue weighted by Crippen LogP contribution is -1.97. The summed E-state index contributed by atoms with van der Waals surface area (Å²) in [5, 5.41) is 6.55. The molecule has 0 atom stereocenters. The molecule has 0 spiro atoms. The minimum atomic E-state index is 0.813. The number of nitrogens with two attached hydrogens (primary N) is 1. The molecule has 3 heterocycles. The quantitative estimate of drug-likeness (QED) is 0.325. The smallest absolute Gasteiger partial charge is 0.0708 e. The summed E-state index contributed by atoms with van der Waals surface area (Å²) < 4.78 is 2.99. The molecule has 0 amide bonds. The van der Waals surface area contributed by atoms with Crippen LogP contribution in [-0.4, -0.2) is 19.7 Å². The largest absolute Gasteiger partial charge is 0.397 e. The predicted octanol–water partition coefficient (Wildman–Crippen LogP) is 6.00. The summed E-state index contributed by atoms with van der Waals surface area (Å²) in [4.78, 5) is 8.13. The van der Waals surface area contributed by atoms with Crippen molar-refractivity contribution in [2.24, 2.45) is 7.05 Å². The highest BCUT2D eigenvalue weighted by Crippen LogP contribution is 2.38. The van der Waals surface area contributed by atoms with Gasteiger partial charge in [0, 0.05) is 45.3 Å². The van der Waals surface area contributed by atoms with E-state index in [0.29, 0.717) is 0 Å². The molecule has 5 nitrogen and oxygen atoms in total. The van der Waals surface area contributed by atoms with Gasteiger partial charge in [0.15, 0.2) is 0 Å². The lowest BCUT2D eigenvalue weighted by Gasteiger charge is -2.11. The molecule has 0 aliphatic rings. The molecule has 5 rings (SSSR count). The molecule has 0 unspecified atom stereocenters. The van der Waals surface area contributed by atoms with Crippen molar-refractivity contribution >= 4 is 43.4 Å². The Morgan fingerprint density at radius 2 is 1.97 bits per heavy atom. The van der Waals surface area contributed by atoms with E-state index in [4.69, 9.17) is 5.73 Å². The molecule has 0 saturated carbocycles. The number of aromatic amines is 1. The van der Waals surface area contributed by atoms with Gasteiger partial charge in [-0.05, 0) is 70.7 Å². The first-order chi connectivity index (χ1) is 14.5. The lowest BCUT2D eigenvalue weighted by molar-refractivity contribution is 0.797. The van der Waals surface area contributed by atoms with Gasteiger partial charge in [0.1, 0.15) is 0 Å². The monoisotopic (exact) mass is 459 g/mol. The standard InChI is InChI=1S/C24H22BrN5/c1-4-17-13(2)23(26)24-18(22(17)25)11-20(29-24)15-7-8-27-19(10-15)14-5-6-21-16(9-14)12-28-30(21)3/h5-12,29H,4,26H2,1-3H3. The number of anilines is 1. The van der Waals surface area contributed by atoms with Crippen molar-refractivity contribution in [2.45, 2.75) is 20.3 Å². The molecule has 3 aromatic heterocycles. The highest BCUT2D eigenvalue weighted by Gasteiger charge is 2.16. The maximum Gasteiger partial charge on any atom is 0.0708 e. The average Bonchev–Trinajstić information content (AvgIpc) is 3.37. The third-order valence-electron chi connectivity index (χ3n) is 5.91. The molecule has 2 aromatic carbocycles. The number of H-pyrrole nitrogens is 1. The number of fused-ring (bicyclic) bond motifs is 2. The van der Waals surface area contributed by atoms with Crippen LogP contribution in [0.1, 0.15) is 18.1 Å². The third kappa shape index (κ3) is 2.82. The fourth-order valence-electron chi connectivity index (χ4n) is 4.17. The van der Waals surface area contributed by atoms with E-state index < -0.39 is 0 Å². The van der Waals surface area contributed by atoms with Crippen molar-refractivity contribution in [1.29, 1.82) is 0 Å². The molecule has 0 saturated heterocycles. The van der Waals surface area contributed by atoms with Gasteiger partial charge in [0.2, 0.25) is 0 Å². The molecular formula is C24H22BrN5. The Labute approximate surface area is 183 Å². The van der Waals surface area contributed by atoms with Crippen LogP contribution in [0.3, 0.4) is 0 Å². The van der Waals surface area contributed by atoms with Crippen molar-refractivity contribution in [1.82, 2.24) is 19.7 Å². The van der Waals surface area contributed by atoms with Gasteiger partial charge in [0.05, 0.1) is 28.6 Å². The topological polar surface area (TPSA) is 72.5 Å². The number of nitrogens with one attached hydrogen (secondary N) is 1. The number of nitrogens with zero attached hydrogens (tertiary/aromatic N) is 3. The number of hydrogen-bond donors (Lipinski definition) is 2. The third-order valence-corrected chi connectivity index (χ3v) is 6.82. The number of pyridine rings is 1. The molecule has 6 heteroatoms. The molecule has 0 bridgehead atoms.